The SMILES string of the molecule is O=[N+]([O-])c1cc(O)cc(COc2cc(Cl)cc(OCc3cc(O)cc([N+](=O)[O-])c3)c2)c1. The largest absolute Gasteiger partial charge is 0.508 e. The smallest absolute Gasteiger partial charge is 0.273 e. The van der Waals surface area contributed by atoms with Gasteiger partial charge in [0.05, 0.1) is 22.0 Å². The molecule has 31 heavy (non-hydrogen) atoms. The van der Waals surface area contributed by atoms with Crippen molar-refractivity contribution in [1.29, 1.82) is 0 Å². The maximum absolute atomic E-state index is 10.9. The lowest BCUT2D eigenvalue weighted by Crippen LogP contribution is -1.99. The van der Waals surface area contributed by atoms with Crippen LogP contribution in [0.4, 0.5) is 11.4 Å². The molecule has 0 atom stereocenters. The van der Waals surface area contributed by atoms with E-state index in [1.807, 2.05) is 0 Å². The summed E-state index contributed by atoms with van der Waals surface area (Å²) in [6, 6.07) is 11.8. The molecule has 0 amide bonds. The third-order valence-corrected chi connectivity index (χ3v) is 4.22. The van der Waals surface area contributed by atoms with Gasteiger partial charge < -0.3 is 19.7 Å². The van der Waals surface area contributed by atoms with Gasteiger partial charge in [-0.15, -0.1) is 0 Å². The molecule has 11 heteroatoms. The minimum atomic E-state index is -0.625. The number of rotatable bonds is 8. The van der Waals surface area contributed by atoms with E-state index in [9.17, 15) is 30.4 Å². The number of nitrogens with zero attached hydrogens (tertiary/aromatic N) is 2. The van der Waals surface area contributed by atoms with E-state index < -0.39 is 9.85 Å². The van der Waals surface area contributed by atoms with Crippen LogP contribution >= 0.6 is 11.6 Å². The Labute approximate surface area is 180 Å². The highest BCUT2D eigenvalue weighted by molar-refractivity contribution is 6.30. The maximum atomic E-state index is 10.9. The van der Waals surface area contributed by atoms with E-state index in [0.717, 1.165) is 12.1 Å². The van der Waals surface area contributed by atoms with E-state index in [2.05, 4.69) is 0 Å². The van der Waals surface area contributed by atoms with Gasteiger partial charge in [0, 0.05) is 23.2 Å². The van der Waals surface area contributed by atoms with Crippen LogP contribution in [0.25, 0.3) is 0 Å². The number of nitro groups is 2. The highest BCUT2D eigenvalue weighted by Crippen LogP contribution is 2.29. The number of hydrogen-bond acceptors (Lipinski definition) is 8. The molecule has 0 fully saturated rings. The second-order valence-corrected chi connectivity index (χ2v) is 6.87. The third-order valence-electron chi connectivity index (χ3n) is 4.00. The molecule has 10 nitrogen and oxygen atoms in total. The van der Waals surface area contributed by atoms with Crippen molar-refractivity contribution in [2.24, 2.45) is 0 Å². The van der Waals surface area contributed by atoms with Crippen molar-refractivity contribution in [3.63, 3.8) is 0 Å². The maximum Gasteiger partial charge on any atom is 0.273 e. The first-order valence-corrected chi connectivity index (χ1v) is 9.08. The van der Waals surface area contributed by atoms with Crippen molar-refractivity contribution in [2.45, 2.75) is 13.2 Å². The van der Waals surface area contributed by atoms with Gasteiger partial charge in [-0.1, -0.05) is 11.6 Å². The van der Waals surface area contributed by atoms with Crippen LogP contribution < -0.4 is 9.47 Å². The van der Waals surface area contributed by atoms with Gasteiger partial charge in [-0.25, -0.2) is 0 Å². The van der Waals surface area contributed by atoms with Crippen LogP contribution in [-0.2, 0) is 13.2 Å². The average Bonchev–Trinajstić information content (AvgIpc) is 2.69. The molecule has 0 aliphatic heterocycles. The zero-order valence-electron chi connectivity index (χ0n) is 15.7. The summed E-state index contributed by atoms with van der Waals surface area (Å²) < 4.78 is 11.2. The lowest BCUT2D eigenvalue weighted by molar-refractivity contribution is -0.385. The van der Waals surface area contributed by atoms with E-state index in [0.29, 0.717) is 22.6 Å². The fourth-order valence-electron chi connectivity index (χ4n) is 2.73. The molecule has 0 bridgehead atoms. The summed E-state index contributed by atoms with van der Waals surface area (Å²) in [5.74, 6) is 0.0806. The number of aromatic hydroxyl groups is 2. The van der Waals surface area contributed by atoms with Gasteiger partial charge in [0.1, 0.15) is 36.2 Å². The molecule has 0 aromatic heterocycles. The van der Waals surface area contributed by atoms with Crippen LogP contribution in [0.3, 0.4) is 0 Å². The van der Waals surface area contributed by atoms with Gasteiger partial charge in [0.15, 0.2) is 0 Å². The first-order valence-electron chi connectivity index (χ1n) is 8.70. The first kappa shape index (κ1) is 21.7. The Morgan fingerprint density at radius 2 is 1.13 bits per heavy atom. The van der Waals surface area contributed by atoms with Crippen LogP contribution in [-0.4, -0.2) is 20.1 Å². The van der Waals surface area contributed by atoms with Gasteiger partial charge in [0.25, 0.3) is 11.4 Å². The van der Waals surface area contributed by atoms with E-state index >= 15 is 0 Å². The Bertz CT molecular complexity index is 1070. The number of nitro benzene ring substituents is 2. The highest BCUT2D eigenvalue weighted by Gasteiger charge is 2.12. The van der Waals surface area contributed by atoms with E-state index in [-0.39, 0.29) is 41.1 Å². The fourth-order valence-corrected chi connectivity index (χ4v) is 2.94. The van der Waals surface area contributed by atoms with Crippen molar-refractivity contribution in [2.75, 3.05) is 0 Å². The molecule has 0 heterocycles. The molecule has 0 aliphatic rings. The zero-order valence-corrected chi connectivity index (χ0v) is 16.5. The second-order valence-electron chi connectivity index (χ2n) is 6.43. The van der Waals surface area contributed by atoms with E-state index in [1.165, 1.54) is 42.5 Å². The summed E-state index contributed by atoms with van der Waals surface area (Å²) >= 11 is 6.08. The topological polar surface area (TPSA) is 145 Å². The molecular weight excluding hydrogens is 432 g/mol. The highest BCUT2D eigenvalue weighted by atomic mass is 35.5. The summed E-state index contributed by atoms with van der Waals surface area (Å²) in [6.07, 6.45) is 0. The number of ether oxygens (including phenoxy) is 2. The van der Waals surface area contributed by atoms with Crippen molar-refractivity contribution in [1.82, 2.24) is 0 Å². The van der Waals surface area contributed by atoms with Crippen LogP contribution in [0.2, 0.25) is 5.02 Å². The molecular formula is C20H15ClN2O8. The van der Waals surface area contributed by atoms with Crippen LogP contribution in [0.5, 0.6) is 23.0 Å². The Hall–Kier alpha value is -4.05. The monoisotopic (exact) mass is 446 g/mol. The summed E-state index contributed by atoms with van der Waals surface area (Å²) in [7, 11) is 0. The molecule has 0 radical (unpaired) electrons. The molecule has 0 saturated carbocycles. The third kappa shape index (κ3) is 5.97. The molecule has 2 N–H and O–H groups in total. The Balaban J connectivity index is 1.71. The minimum Gasteiger partial charge on any atom is -0.508 e. The number of benzene rings is 3. The van der Waals surface area contributed by atoms with Gasteiger partial charge in [-0.05, 0) is 35.4 Å². The Morgan fingerprint density at radius 1 is 0.710 bits per heavy atom. The predicted molar refractivity (Wildman–Crippen MR) is 110 cm³/mol. The summed E-state index contributed by atoms with van der Waals surface area (Å²) in [5, 5.41) is 41.3. The molecule has 0 aliphatic carbocycles. The Kier molecular flexibility index (Phi) is 6.41. The molecule has 0 unspecified atom stereocenters. The quantitative estimate of drug-likeness (QED) is 0.373. The zero-order chi connectivity index (χ0) is 22.5. The molecule has 0 saturated heterocycles. The van der Waals surface area contributed by atoms with Crippen LogP contribution in [0, 0.1) is 20.2 Å². The predicted octanol–water partition coefficient (Wildman–Crippen LogP) is 4.73. The number of phenols is 2. The summed E-state index contributed by atoms with van der Waals surface area (Å²) in [4.78, 5) is 20.6. The van der Waals surface area contributed by atoms with Crippen molar-refractivity contribution >= 4 is 23.0 Å². The minimum absolute atomic E-state index is 0.0756. The van der Waals surface area contributed by atoms with Crippen LogP contribution in [0.1, 0.15) is 11.1 Å². The van der Waals surface area contributed by atoms with Crippen molar-refractivity contribution in [3.05, 3.63) is 91.0 Å². The number of halogens is 1. The van der Waals surface area contributed by atoms with Gasteiger partial charge in [-0.3, -0.25) is 20.2 Å². The fraction of sp³-hybridized carbons (Fsp3) is 0.100. The lowest BCUT2D eigenvalue weighted by Gasteiger charge is -2.11. The van der Waals surface area contributed by atoms with Gasteiger partial charge >= 0.3 is 0 Å². The molecule has 3 aromatic carbocycles. The number of non-ortho nitro benzene ring substituents is 2. The molecule has 160 valence electrons. The lowest BCUT2D eigenvalue weighted by atomic mass is 10.2. The van der Waals surface area contributed by atoms with E-state index in [1.54, 1.807) is 0 Å². The summed E-state index contributed by atoms with van der Waals surface area (Å²) in [6.45, 7) is -0.151. The standard InChI is InChI=1S/C20H15ClN2O8/c21-14-5-19(30-10-12-1-15(22(26)27)7-17(24)3-12)9-20(6-14)31-11-13-2-16(23(28)29)8-18(25)4-13/h1-9,24-25H,10-11H2. The average molecular weight is 447 g/mol. The molecule has 3 rings (SSSR count). The van der Waals surface area contributed by atoms with Crippen molar-refractivity contribution < 1.29 is 29.5 Å². The molecule has 3 aromatic rings. The van der Waals surface area contributed by atoms with E-state index in [4.69, 9.17) is 21.1 Å². The Morgan fingerprint density at radius 3 is 1.52 bits per heavy atom. The normalized spacial score (nSPS) is 10.5. The van der Waals surface area contributed by atoms with Crippen LogP contribution in [0.15, 0.2) is 54.6 Å². The first-order chi connectivity index (χ1) is 14.7. The van der Waals surface area contributed by atoms with Gasteiger partial charge in [0.2, 0.25) is 0 Å². The molecule has 0 spiro atoms. The summed E-state index contributed by atoms with van der Waals surface area (Å²) in [5.41, 5.74) is 0.213. The second kappa shape index (κ2) is 9.18. The number of hydrogen-bond donors (Lipinski definition) is 2. The van der Waals surface area contributed by atoms with Gasteiger partial charge in [-0.2, -0.15) is 0 Å². The number of phenolic OH excluding ortho intramolecular Hbond substituents is 2. The van der Waals surface area contributed by atoms with Crippen molar-refractivity contribution in [3.8, 4) is 23.0 Å².